The fourth-order valence-corrected chi connectivity index (χ4v) is 2.20. The third kappa shape index (κ3) is 4.67. The second-order valence-corrected chi connectivity index (χ2v) is 5.01. The Hall–Kier alpha value is -1.30. The minimum absolute atomic E-state index is 0.0626. The molecule has 1 aliphatic rings. The van der Waals surface area contributed by atoms with E-state index < -0.39 is 0 Å². The molecule has 2 rings (SSSR count). The van der Waals surface area contributed by atoms with Gasteiger partial charge in [0, 0.05) is 18.1 Å². The summed E-state index contributed by atoms with van der Waals surface area (Å²) in [6.45, 7) is 2.67. The van der Waals surface area contributed by atoms with Gasteiger partial charge < -0.3 is 14.2 Å². The first-order valence-electron chi connectivity index (χ1n) is 6.46. The van der Waals surface area contributed by atoms with Crippen LogP contribution >= 0.6 is 11.6 Å². The number of methoxy groups -OCH3 is 1. The van der Waals surface area contributed by atoms with Gasteiger partial charge in [-0.05, 0) is 18.2 Å². The van der Waals surface area contributed by atoms with E-state index in [1.54, 1.807) is 12.1 Å². The number of hydrogen-bond donors (Lipinski definition) is 0. The Balaban J connectivity index is 1.79. The van der Waals surface area contributed by atoms with Crippen molar-refractivity contribution >= 4 is 17.6 Å². The van der Waals surface area contributed by atoms with Crippen molar-refractivity contribution in [1.29, 1.82) is 0 Å². The standard InChI is InChI=1S/C14H18ClNO4/c1-18-14(17)9-16-5-6-19-13(8-16)10-20-12-4-2-3-11(15)7-12/h2-4,7,13H,5-6,8-10H2,1H3/t13-/m0/s1. The normalized spacial score (nSPS) is 19.6. The van der Waals surface area contributed by atoms with Gasteiger partial charge in [0.15, 0.2) is 0 Å². The van der Waals surface area contributed by atoms with Gasteiger partial charge in [-0.1, -0.05) is 17.7 Å². The first kappa shape index (κ1) is 15.1. The van der Waals surface area contributed by atoms with E-state index in [2.05, 4.69) is 4.74 Å². The third-order valence-electron chi connectivity index (χ3n) is 3.04. The molecule has 1 heterocycles. The van der Waals surface area contributed by atoms with E-state index in [9.17, 15) is 4.79 Å². The van der Waals surface area contributed by atoms with Crippen LogP contribution in [-0.2, 0) is 14.3 Å². The summed E-state index contributed by atoms with van der Waals surface area (Å²) in [4.78, 5) is 13.3. The van der Waals surface area contributed by atoms with Crippen LogP contribution in [-0.4, -0.2) is 56.9 Å². The summed E-state index contributed by atoms with van der Waals surface area (Å²) in [6.07, 6.45) is -0.0626. The molecule has 5 nitrogen and oxygen atoms in total. The average Bonchev–Trinajstić information content (AvgIpc) is 2.45. The predicted molar refractivity (Wildman–Crippen MR) is 75.1 cm³/mol. The van der Waals surface area contributed by atoms with E-state index in [4.69, 9.17) is 21.1 Å². The molecule has 0 radical (unpaired) electrons. The maximum atomic E-state index is 11.3. The molecule has 0 aliphatic carbocycles. The van der Waals surface area contributed by atoms with Crippen LogP contribution in [0.3, 0.4) is 0 Å². The number of nitrogens with zero attached hydrogens (tertiary/aromatic N) is 1. The summed E-state index contributed by atoms with van der Waals surface area (Å²) in [6, 6.07) is 7.24. The SMILES string of the molecule is COC(=O)CN1CCO[C@H](COc2cccc(Cl)c2)C1. The molecular weight excluding hydrogens is 282 g/mol. The van der Waals surface area contributed by atoms with Crippen molar-refractivity contribution in [2.75, 3.05) is 40.0 Å². The minimum atomic E-state index is -0.235. The summed E-state index contributed by atoms with van der Waals surface area (Å²) >= 11 is 5.89. The topological polar surface area (TPSA) is 48.0 Å². The van der Waals surface area contributed by atoms with Gasteiger partial charge in [0.1, 0.15) is 18.5 Å². The van der Waals surface area contributed by atoms with Gasteiger partial charge in [-0.2, -0.15) is 0 Å². The molecule has 0 bridgehead atoms. The van der Waals surface area contributed by atoms with Gasteiger partial charge in [0.2, 0.25) is 0 Å². The molecule has 0 spiro atoms. The Morgan fingerprint density at radius 3 is 3.15 bits per heavy atom. The molecular formula is C14H18ClNO4. The number of benzene rings is 1. The highest BCUT2D eigenvalue weighted by Gasteiger charge is 2.22. The molecule has 1 saturated heterocycles. The van der Waals surface area contributed by atoms with Gasteiger partial charge >= 0.3 is 5.97 Å². The number of hydrogen-bond acceptors (Lipinski definition) is 5. The second kappa shape index (κ2) is 7.47. The van der Waals surface area contributed by atoms with Crippen molar-refractivity contribution in [3.8, 4) is 5.75 Å². The van der Waals surface area contributed by atoms with Crippen molar-refractivity contribution in [2.24, 2.45) is 0 Å². The first-order valence-corrected chi connectivity index (χ1v) is 6.84. The molecule has 1 aromatic rings. The Morgan fingerprint density at radius 2 is 2.40 bits per heavy atom. The van der Waals surface area contributed by atoms with Crippen LogP contribution in [0.15, 0.2) is 24.3 Å². The lowest BCUT2D eigenvalue weighted by molar-refractivity contribution is -0.144. The lowest BCUT2D eigenvalue weighted by Crippen LogP contribution is -2.46. The molecule has 0 aromatic heterocycles. The molecule has 110 valence electrons. The van der Waals surface area contributed by atoms with Crippen LogP contribution in [0.25, 0.3) is 0 Å². The van der Waals surface area contributed by atoms with E-state index in [1.165, 1.54) is 7.11 Å². The first-order chi connectivity index (χ1) is 9.67. The number of rotatable bonds is 5. The lowest BCUT2D eigenvalue weighted by atomic mass is 10.3. The van der Waals surface area contributed by atoms with Crippen molar-refractivity contribution in [3.05, 3.63) is 29.3 Å². The summed E-state index contributed by atoms with van der Waals surface area (Å²) in [5, 5.41) is 0.638. The van der Waals surface area contributed by atoms with Crippen LogP contribution in [0.2, 0.25) is 5.02 Å². The molecule has 1 fully saturated rings. The number of carbonyl (C=O) groups excluding carboxylic acids is 1. The van der Waals surface area contributed by atoms with Crippen LogP contribution in [0.4, 0.5) is 0 Å². The Morgan fingerprint density at radius 1 is 1.55 bits per heavy atom. The maximum Gasteiger partial charge on any atom is 0.319 e. The number of morpholine rings is 1. The minimum Gasteiger partial charge on any atom is -0.491 e. The van der Waals surface area contributed by atoms with E-state index in [0.29, 0.717) is 30.5 Å². The number of esters is 1. The highest BCUT2D eigenvalue weighted by atomic mass is 35.5. The van der Waals surface area contributed by atoms with Gasteiger partial charge in [-0.25, -0.2) is 0 Å². The van der Waals surface area contributed by atoms with Crippen molar-refractivity contribution in [3.63, 3.8) is 0 Å². The third-order valence-corrected chi connectivity index (χ3v) is 3.27. The highest BCUT2D eigenvalue weighted by molar-refractivity contribution is 6.30. The van der Waals surface area contributed by atoms with Crippen molar-refractivity contribution in [2.45, 2.75) is 6.10 Å². The molecule has 20 heavy (non-hydrogen) atoms. The number of carbonyl (C=O) groups is 1. The molecule has 1 aromatic carbocycles. The van der Waals surface area contributed by atoms with E-state index in [1.807, 2.05) is 17.0 Å². The molecule has 0 saturated carbocycles. The zero-order chi connectivity index (χ0) is 14.4. The van der Waals surface area contributed by atoms with Crippen LogP contribution in [0, 0.1) is 0 Å². The zero-order valence-electron chi connectivity index (χ0n) is 11.4. The summed E-state index contributed by atoms with van der Waals surface area (Å²) in [5.74, 6) is 0.479. The second-order valence-electron chi connectivity index (χ2n) is 4.57. The Labute approximate surface area is 123 Å². The summed E-state index contributed by atoms with van der Waals surface area (Å²) in [5.41, 5.74) is 0. The van der Waals surface area contributed by atoms with Gasteiger partial charge in [0.25, 0.3) is 0 Å². The van der Waals surface area contributed by atoms with Crippen molar-refractivity contribution < 1.29 is 19.0 Å². The fourth-order valence-electron chi connectivity index (χ4n) is 2.02. The average molecular weight is 300 g/mol. The largest absolute Gasteiger partial charge is 0.491 e. The van der Waals surface area contributed by atoms with Gasteiger partial charge in [-0.3, -0.25) is 9.69 Å². The quantitative estimate of drug-likeness (QED) is 0.773. The monoisotopic (exact) mass is 299 g/mol. The smallest absolute Gasteiger partial charge is 0.319 e. The Kier molecular flexibility index (Phi) is 5.64. The predicted octanol–water partition coefficient (Wildman–Crippen LogP) is 1.59. The molecule has 1 atom stereocenters. The van der Waals surface area contributed by atoms with Crippen LogP contribution < -0.4 is 4.74 Å². The molecule has 6 heteroatoms. The summed E-state index contributed by atoms with van der Waals surface area (Å²) < 4.78 is 15.9. The van der Waals surface area contributed by atoms with Crippen LogP contribution in [0.5, 0.6) is 5.75 Å². The summed E-state index contributed by atoms with van der Waals surface area (Å²) in [7, 11) is 1.39. The lowest BCUT2D eigenvalue weighted by Gasteiger charge is -2.31. The van der Waals surface area contributed by atoms with Crippen molar-refractivity contribution in [1.82, 2.24) is 4.90 Å². The van der Waals surface area contributed by atoms with E-state index >= 15 is 0 Å². The number of ether oxygens (including phenoxy) is 3. The molecule has 0 N–H and O–H groups in total. The maximum absolute atomic E-state index is 11.3. The number of halogens is 1. The van der Waals surface area contributed by atoms with Crippen LogP contribution in [0.1, 0.15) is 0 Å². The van der Waals surface area contributed by atoms with Gasteiger partial charge in [-0.15, -0.1) is 0 Å². The van der Waals surface area contributed by atoms with E-state index in [-0.39, 0.29) is 18.6 Å². The van der Waals surface area contributed by atoms with E-state index in [0.717, 1.165) is 6.54 Å². The molecule has 0 unspecified atom stereocenters. The highest BCUT2D eigenvalue weighted by Crippen LogP contribution is 2.18. The zero-order valence-corrected chi connectivity index (χ0v) is 12.1. The Bertz CT molecular complexity index is 455. The fraction of sp³-hybridized carbons (Fsp3) is 0.500. The molecule has 0 amide bonds. The van der Waals surface area contributed by atoms with Gasteiger partial charge in [0.05, 0.1) is 20.3 Å². The molecule has 1 aliphatic heterocycles.